The molecule has 1 aliphatic heterocycles. The fourth-order valence-corrected chi connectivity index (χ4v) is 2.31. The summed E-state index contributed by atoms with van der Waals surface area (Å²) in [4.78, 5) is 0. The van der Waals surface area contributed by atoms with Gasteiger partial charge in [-0.3, -0.25) is 0 Å². The van der Waals surface area contributed by atoms with Crippen molar-refractivity contribution < 1.29 is 30.3 Å². The maximum absolute atomic E-state index is 9.87. The summed E-state index contributed by atoms with van der Waals surface area (Å²) >= 11 is 0. The summed E-state index contributed by atoms with van der Waals surface area (Å²) in [7, 11) is 0. The predicted molar refractivity (Wildman–Crippen MR) is 75.7 cm³/mol. The Morgan fingerprint density at radius 2 is 1.95 bits per heavy atom. The van der Waals surface area contributed by atoms with E-state index in [1.807, 2.05) is 0 Å². The molecule has 2 unspecified atom stereocenters. The van der Waals surface area contributed by atoms with Gasteiger partial charge in [0.05, 0.1) is 12.2 Å². The van der Waals surface area contributed by atoms with Crippen molar-refractivity contribution in [3.63, 3.8) is 0 Å². The zero-order valence-corrected chi connectivity index (χ0v) is 12.0. The standard InChI is InChI=1S/C15H21NO5/c1-2-3-4-5-8-21-10-6-7-11-12(9-10)16(20)15(19)14(18)13(11)17/h6-7,9,13,17-20H,2-5,8H2,1H3/p+1. The van der Waals surface area contributed by atoms with Crippen LogP contribution >= 0.6 is 0 Å². The van der Waals surface area contributed by atoms with Gasteiger partial charge in [0.2, 0.25) is 5.76 Å². The summed E-state index contributed by atoms with van der Waals surface area (Å²) in [6, 6.07) is 4.79. The molecule has 6 heteroatoms. The summed E-state index contributed by atoms with van der Waals surface area (Å²) in [5.41, 5.74) is 0.602. The third-order valence-corrected chi connectivity index (χ3v) is 3.57. The molecule has 0 saturated carbocycles. The Morgan fingerprint density at radius 3 is 2.67 bits per heavy atom. The van der Waals surface area contributed by atoms with Crippen LogP contribution in [0.1, 0.15) is 44.3 Å². The van der Waals surface area contributed by atoms with Crippen LogP contribution in [0, 0.1) is 0 Å². The van der Waals surface area contributed by atoms with Gasteiger partial charge in [0.1, 0.15) is 5.75 Å². The molecule has 1 heterocycles. The molecule has 1 aromatic carbocycles. The van der Waals surface area contributed by atoms with E-state index in [4.69, 9.17) is 4.74 Å². The molecule has 0 aromatic heterocycles. The van der Waals surface area contributed by atoms with Crippen LogP contribution in [-0.4, -0.2) is 27.1 Å². The number of hydroxylamine groups is 1. The van der Waals surface area contributed by atoms with Crippen LogP contribution in [0.2, 0.25) is 0 Å². The Kier molecular flexibility index (Phi) is 5.06. The minimum absolute atomic E-state index is 0.267. The Bertz CT molecular complexity index is 529. The van der Waals surface area contributed by atoms with Gasteiger partial charge in [0.25, 0.3) is 0 Å². The van der Waals surface area contributed by atoms with Crippen molar-refractivity contribution in [2.75, 3.05) is 6.61 Å². The van der Waals surface area contributed by atoms with Gasteiger partial charge in [-0.1, -0.05) is 31.2 Å². The lowest BCUT2D eigenvalue weighted by atomic mass is 10.0. The number of aliphatic hydroxyl groups excluding tert-OH is 3. The van der Waals surface area contributed by atoms with E-state index in [-0.39, 0.29) is 5.69 Å². The predicted octanol–water partition coefficient (Wildman–Crippen LogP) is 1.88. The summed E-state index contributed by atoms with van der Waals surface area (Å²) in [5.74, 6) is -0.790. The lowest BCUT2D eigenvalue weighted by Crippen LogP contribution is -3.04. The monoisotopic (exact) mass is 296 g/mol. The smallest absolute Gasteiger partial charge is 0.367 e. The average molecular weight is 296 g/mol. The van der Waals surface area contributed by atoms with Crippen molar-refractivity contribution in [1.82, 2.24) is 0 Å². The maximum Gasteiger partial charge on any atom is 0.367 e. The van der Waals surface area contributed by atoms with Crippen molar-refractivity contribution in [3.05, 3.63) is 35.4 Å². The second-order valence-corrected chi connectivity index (χ2v) is 5.14. The minimum atomic E-state index is -1.34. The van der Waals surface area contributed by atoms with Crippen molar-refractivity contribution in [3.8, 4) is 5.75 Å². The molecule has 2 atom stereocenters. The van der Waals surface area contributed by atoms with Crippen LogP contribution in [0.4, 0.5) is 5.69 Å². The van der Waals surface area contributed by atoms with Crippen LogP contribution in [-0.2, 0) is 0 Å². The molecule has 0 amide bonds. The van der Waals surface area contributed by atoms with Gasteiger partial charge in [-0.2, -0.15) is 0 Å². The SMILES string of the molecule is CCCCCCOc1ccc2c(c1)[NH+](O)C(O)=C(O)C2O. The van der Waals surface area contributed by atoms with E-state index in [9.17, 15) is 20.5 Å². The molecule has 5 N–H and O–H groups in total. The largest absolute Gasteiger partial charge is 0.502 e. The number of hydrogen-bond acceptors (Lipinski definition) is 5. The highest BCUT2D eigenvalue weighted by atomic mass is 16.5. The molecule has 1 aromatic rings. The van der Waals surface area contributed by atoms with Gasteiger partial charge in [-0.15, -0.1) is 0 Å². The van der Waals surface area contributed by atoms with Crippen molar-refractivity contribution in [1.29, 1.82) is 0 Å². The number of hydrogen-bond donors (Lipinski definition) is 5. The molecule has 0 spiro atoms. The van der Waals surface area contributed by atoms with Crippen molar-refractivity contribution in [2.45, 2.75) is 38.7 Å². The first kappa shape index (κ1) is 15.6. The van der Waals surface area contributed by atoms with Gasteiger partial charge in [-0.25, -0.2) is 5.21 Å². The lowest BCUT2D eigenvalue weighted by molar-refractivity contribution is -1.01. The van der Waals surface area contributed by atoms with Gasteiger partial charge in [0.15, 0.2) is 11.8 Å². The van der Waals surface area contributed by atoms with Gasteiger partial charge < -0.3 is 20.1 Å². The Morgan fingerprint density at radius 1 is 1.19 bits per heavy atom. The molecule has 0 radical (unpaired) electrons. The molecule has 1 aliphatic rings. The first-order chi connectivity index (χ1) is 10.1. The second kappa shape index (κ2) is 6.80. The molecule has 2 rings (SSSR count). The fraction of sp³-hybridized carbons (Fsp3) is 0.467. The first-order valence-corrected chi connectivity index (χ1v) is 7.19. The number of unbranched alkanes of at least 4 members (excludes halogenated alkanes) is 3. The van der Waals surface area contributed by atoms with Gasteiger partial charge >= 0.3 is 5.88 Å². The number of fused-ring (bicyclic) bond motifs is 1. The van der Waals surface area contributed by atoms with Crippen LogP contribution < -0.4 is 9.80 Å². The number of quaternary nitrogens is 1. The average Bonchev–Trinajstić information content (AvgIpc) is 2.50. The lowest BCUT2D eigenvalue weighted by Gasteiger charge is -2.22. The third-order valence-electron chi connectivity index (χ3n) is 3.57. The molecular weight excluding hydrogens is 274 g/mol. The molecule has 0 fully saturated rings. The number of nitrogens with one attached hydrogen (secondary N) is 1. The number of ether oxygens (including phenoxy) is 1. The Labute approximate surface area is 123 Å². The number of benzene rings is 1. The second-order valence-electron chi connectivity index (χ2n) is 5.14. The van der Waals surface area contributed by atoms with Crippen LogP contribution in [0.15, 0.2) is 29.8 Å². The number of aliphatic hydroxyl groups is 3. The van der Waals surface area contributed by atoms with Crippen LogP contribution in [0.5, 0.6) is 5.75 Å². The highest BCUT2D eigenvalue weighted by Gasteiger charge is 2.37. The normalized spacial score (nSPS) is 21.3. The van der Waals surface area contributed by atoms with E-state index in [2.05, 4.69) is 6.92 Å². The van der Waals surface area contributed by atoms with Gasteiger partial charge in [0, 0.05) is 6.07 Å². The quantitative estimate of drug-likeness (QED) is 0.517. The first-order valence-electron chi connectivity index (χ1n) is 7.19. The van der Waals surface area contributed by atoms with E-state index >= 15 is 0 Å². The Hall–Kier alpha value is -1.76. The van der Waals surface area contributed by atoms with Gasteiger partial charge in [-0.05, 0) is 18.6 Å². The topological polar surface area (TPSA) is 94.6 Å². The summed E-state index contributed by atoms with van der Waals surface area (Å²) in [5, 5.41) is 38.4. The molecule has 0 saturated heterocycles. The third kappa shape index (κ3) is 3.29. The number of rotatable bonds is 6. The van der Waals surface area contributed by atoms with Crippen LogP contribution in [0.25, 0.3) is 0 Å². The molecule has 21 heavy (non-hydrogen) atoms. The molecule has 6 nitrogen and oxygen atoms in total. The summed E-state index contributed by atoms with van der Waals surface area (Å²) < 4.78 is 5.60. The highest BCUT2D eigenvalue weighted by Crippen LogP contribution is 2.32. The van der Waals surface area contributed by atoms with E-state index in [1.54, 1.807) is 18.2 Å². The van der Waals surface area contributed by atoms with Crippen molar-refractivity contribution >= 4 is 5.69 Å². The maximum atomic E-state index is 9.87. The van der Waals surface area contributed by atoms with E-state index < -0.39 is 22.8 Å². The van der Waals surface area contributed by atoms with E-state index in [0.717, 1.165) is 19.3 Å². The highest BCUT2D eigenvalue weighted by molar-refractivity contribution is 5.50. The molecular formula is C15H22NO5+. The molecule has 116 valence electrons. The fourth-order valence-electron chi connectivity index (χ4n) is 2.31. The zero-order valence-electron chi connectivity index (χ0n) is 12.0. The zero-order chi connectivity index (χ0) is 15.4. The van der Waals surface area contributed by atoms with E-state index in [0.29, 0.717) is 17.9 Å². The van der Waals surface area contributed by atoms with E-state index in [1.165, 1.54) is 6.42 Å². The summed E-state index contributed by atoms with van der Waals surface area (Å²) in [6.45, 7) is 2.72. The summed E-state index contributed by atoms with van der Waals surface area (Å²) in [6.07, 6.45) is 3.06. The van der Waals surface area contributed by atoms with Crippen LogP contribution in [0.3, 0.4) is 0 Å². The molecule has 0 bridgehead atoms. The van der Waals surface area contributed by atoms with Crippen molar-refractivity contribution in [2.24, 2.45) is 0 Å². The minimum Gasteiger partial charge on any atom is -0.502 e. The Balaban J connectivity index is 2.07. The molecule has 0 aliphatic carbocycles.